The van der Waals surface area contributed by atoms with Crippen molar-refractivity contribution in [1.29, 1.82) is 0 Å². The smallest absolute Gasteiger partial charge is 0.282 e. The predicted molar refractivity (Wildman–Crippen MR) is 102 cm³/mol. The summed E-state index contributed by atoms with van der Waals surface area (Å²) in [5.41, 5.74) is 1.25. The quantitative estimate of drug-likeness (QED) is 0.795. The summed E-state index contributed by atoms with van der Waals surface area (Å²) in [6, 6.07) is 5.78. The number of nitrogens with zero attached hydrogens (tertiary/aromatic N) is 3. The fourth-order valence-electron chi connectivity index (χ4n) is 3.39. The van der Waals surface area contributed by atoms with Crippen LogP contribution in [0.5, 0.6) is 0 Å². The number of carbonyl (C=O) groups is 1. The van der Waals surface area contributed by atoms with E-state index in [9.17, 15) is 9.18 Å². The second kappa shape index (κ2) is 7.60. The van der Waals surface area contributed by atoms with Gasteiger partial charge in [-0.25, -0.2) is 4.39 Å². The zero-order chi connectivity index (χ0) is 19.8. The normalized spacial score (nSPS) is 18.3. The highest BCUT2D eigenvalue weighted by Crippen LogP contribution is 2.22. The van der Waals surface area contributed by atoms with E-state index in [1.807, 2.05) is 22.5 Å². The molecule has 7 heteroatoms. The number of rotatable bonds is 3. The maximum atomic E-state index is 14.1. The van der Waals surface area contributed by atoms with Crippen LogP contribution in [0.25, 0.3) is 0 Å². The van der Waals surface area contributed by atoms with Gasteiger partial charge in [-0.2, -0.15) is 4.99 Å². The van der Waals surface area contributed by atoms with E-state index >= 15 is 0 Å². The first-order valence-electron chi connectivity index (χ1n) is 9.10. The summed E-state index contributed by atoms with van der Waals surface area (Å²) in [4.78, 5) is 16.8. The predicted octanol–water partition coefficient (Wildman–Crippen LogP) is 3.84. The molecule has 2 aromatic rings. The average Bonchev–Trinajstić information content (AvgIpc) is 3.20. The van der Waals surface area contributed by atoms with Gasteiger partial charge in [0.2, 0.25) is 0 Å². The van der Waals surface area contributed by atoms with Crippen LogP contribution >= 0.6 is 11.6 Å². The highest BCUT2D eigenvalue weighted by atomic mass is 35.5. The van der Waals surface area contributed by atoms with Crippen LogP contribution in [0.3, 0.4) is 0 Å². The Labute approximate surface area is 163 Å². The Kier molecular flexibility index (Phi) is 5.58. The molecule has 3 rings (SSSR count). The number of hydrogen-bond donors (Lipinski definition) is 0. The Morgan fingerprint density at radius 2 is 2.11 bits per heavy atom. The van der Waals surface area contributed by atoms with E-state index in [0.717, 1.165) is 25.1 Å². The molecule has 1 aromatic heterocycles. The van der Waals surface area contributed by atoms with Gasteiger partial charge in [0.25, 0.3) is 5.91 Å². The zero-order valence-electron chi connectivity index (χ0n) is 16.1. The largest absolute Gasteiger partial charge is 0.376 e. The van der Waals surface area contributed by atoms with Crippen LogP contribution in [-0.4, -0.2) is 28.0 Å². The van der Waals surface area contributed by atoms with Crippen molar-refractivity contribution in [3.8, 4) is 0 Å². The molecule has 2 heterocycles. The van der Waals surface area contributed by atoms with Crippen LogP contribution in [0, 0.1) is 5.82 Å². The lowest BCUT2D eigenvalue weighted by Crippen LogP contribution is -2.30. The van der Waals surface area contributed by atoms with E-state index < -0.39 is 11.7 Å². The van der Waals surface area contributed by atoms with Gasteiger partial charge in [-0.15, -0.1) is 0 Å². The van der Waals surface area contributed by atoms with Gasteiger partial charge in [0, 0.05) is 35.9 Å². The minimum absolute atomic E-state index is 0.0865. The summed E-state index contributed by atoms with van der Waals surface area (Å²) in [5, 5.41) is 0.297. The summed E-state index contributed by atoms with van der Waals surface area (Å²) >= 11 is 5.91. The Hall–Kier alpha value is -1.92. The van der Waals surface area contributed by atoms with Gasteiger partial charge in [-0.1, -0.05) is 32.4 Å². The van der Waals surface area contributed by atoms with Crippen LogP contribution in [0.2, 0.25) is 5.02 Å². The summed E-state index contributed by atoms with van der Waals surface area (Å²) in [6.45, 7) is 7.64. The van der Waals surface area contributed by atoms with Gasteiger partial charge in [0.05, 0.1) is 18.2 Å². The minimum atomic E-state index is -0.651. The van der Waals surface area contributed by atoms with Crippen molar-refractivity contribution in [1.82, 2.24) is 9.36 Å². The maximum absolute atomic E-state index is 14.1. The molecular formula is C20H25ClFN3O2. The number of halogens is 2. The van der Waals surface area contributed by atoms with E-state index in [1.165, 1.54) is 18.2 Å². The third-order valence-corrected chi connectivity index (χ3v) is 5.02. The second-order valence-electron chi connectivity index (χ2n) is 7.92. The molecule has 0 N–H and O–H groups in total. The fraction of sp³-hybridized carbons (Fsp3) is 0.500. The average molecular weight is 394 g/mol. The van der Waals surface area contributed by atoms with Crippen molar-refractivity contribution in [3.63, 3.8) is 0 Å². The molecule has 27 heavy (non-hydrogen) atoms. The van der Waals surface area contributed by atoms with Crippen molar-refractivity contribution >= 4 is 17.5 Å². The first kappa shape index (κ1) is 19.8. The molecule has 1 amide bonds. The minimum Gasteiger partial charge on any atom is -0.376 e. The number of carbonyl (C=O) groups excluding carboxylic acids is 1. The van der Waals surface area contributed by atoms with E-state index in [1.54, 1.807) is 0 Å². The topological polar surface area (TPSA) is 48.5 Å². The van der Waals surface area contributed by atoms with Crippen molar-refractivity contribution < 1.29 is 13.9 Å². The Balaban J connectivity index is 2.08. The van der Waals surface area contributed by atoms with Crippen LogP contribution in [0.15, 0.2) is 29.3 Å². The number of hydrogen-bond acceptors (Lipinski definition) is 2. The zero-order valence-corrected chi connectivity index (χ0v) is 16.9. The molecule has 1 atom stereocenters. The Morgan fingerprint density at radius 3 is 2.74 bits per heavy atom. The molecule has 0 aliphatic carbocycles. The fourth-order valence-corrected chi connectivity index (χ4v) is 3.56. The van der Waals surface area contributed by atoms with Crippen molar-refractivity contribution in [2.45, 2.75) is 51.7 Å². The molecule has 1 aliphatic heterocycles. The molecule has 1 saturated heterocycles. The van der Waals surface area contributed by atoms with E-state index in [-0.39, 0.29) is 17.1 Å². The highest BCUT2D eigenvalue weighted by Gasteiger charge is 2.24. The van der Waals surface area contributed by atoms with Crippen LogP contribution in [-0.2, 0) is 23.7 Å². The highest BCUT2D eigenvalue weighted by molar-refractivity contribution is 6.31. The number of aromatic nitrogens is 2. The first-order chi connectivity index (χ1) is 12.7. The summed E-state index contributed by atoms with van der Waals surface area (Å²) < 4.78 is 23.7. The lowest BCUT2D eigenvalue weighted by molar-refractivity contribution is 0.0885. The molecule has 0 radical (unpaired) electrons. The molecule has 0 saturated carbocycles. The van der Waals surface area contributed by atoms with Crippen LogP contribution in [0.1, 0.15) is 49.7 Å². The van der Waals surface area contributed by atoms with Crippen LogP contribution < -0.4 is 5.49 Å². The summed E-state index contributed by atoms with van der Waals surface area (Å²) in [6.07, 6.45) is 2.09. The second-order valence-corrected chi connectivity index (χ2v) is 8.36. The van der Waals surface area contributed by atoms with Crippen molar-refractivity contribution in [2.75, 3.05) is 6.61 Å². The van der Waals surface area contributed by atoms with Crippen LogP contribution in [0.4, 0.5) is 4.39 Å². The van der Waals surface area contributed by atoms with Gasteiger partial charge >= 0.3 is 0 Å². The molecule has 0 unspecified atom stereocenters. The summed E-state index contributed by atoms with van der Waals surface area (Å²) in [7, 11) is 1.94. The number of benzene rings is 1. The standard InChI is InChI=1S/C20H25ClFN3O2/c1-20(2,3)17-11-18(25(24(17)4)12-14-6-5-9-27-14)23-19(26)15-10-13(21)7-8-16(15)22/h7-8,10-11,14H,5-6,9,12H2,1-4H3/t14-/m1/s1. The molecule has 146 valence electrons. The van der Waals surface area contributed by atoms with E-state index in [0.29, 0.717) is 17.1 Å². The molecule has 1 aliphatic rings. The molecule has 1 aromatic carbocycles. The molecule has 1 fully saturated rings. The molecule has 0 bridgehead atoms. The van der Waals surface area contributed by atoms with Gasteiger partial charge in [0.15, 0.2) is 5.49 Å². The Morgan fingerprint density at radius 1 is 1.37 bits per heavy atom. The Bertz CT molecular complexity index is 918. The molecule has 0 spiro atoms. The van der Waals surface area contributed by atoms with E-state index in [4.69, 9.17) is 16.3 Å². The molecule has 5 nitrogen and oxygen atoms in total. The SMILES string of the molecule is Cn1c(C(C)(C)C)cc(=NC(=O)c2cc(Cl)ccc2F)n1C[C@H]1CCCO1. The molecular weight excluding hydrogens is 369 g/mol. The lowest BCUT2D eigenvalue weighted by atomic mass is 9.92. The summed E-state index contributed by atoms with van der Waals surface area (Å²) in [5.74, 6) is -1.28. The van der Waals surface area contributed by atoms with Gasteiger partial charge in [-0.3, -0.25) is 14.2 Å². The maximum Gasteiger partial charge on any atom is 0.282 e. The van der Waals surface area contributed by atoms with Gasteiger partial charge < -0.3 is 4.74 Å². The van der Waals surface area contributed by atoms with Crippen molar-refractivity contribution in [2.24, 2.45) is 12.0 Å². The van der Waals surface area contributed by atoms with E-state index in [2.05, 4.69) is 25.8 Å². The lowest BCUT2D eigenvalue weighted by Gasteiger charge is -2.21. The van der Waals surface area contributed by atoms with Gasteiger partial charge in [0.1, 0.15) is 5.82 Å². The van der Waals surface area contributed by atoms with Gasteiger partial charge in [-0.05, 0) is 31.0 Å². The van der Waals surface area contributed by atoms with Crippen molar-refractivity contribution in [3.05, 3.63) is 51.9 Å². The number of ether oxygens (including phenoxy) is 1. The number of amides is 1. The first-order valence-corrected chi connectivity index (χ1v) is 9.47. The third kappa shape index (κ3) is 4.33. The monoisotopic (exact) mass is 393 g/mol. The third-order valence-electron chi connectivity index (χ3n) is 4.78.